The summed E-state index contributed by atoms with van der Waals surface area (Å²) in [5, 5.41) is 11.8. The van der Waals surface area contributed by atoms with Crippen LogP contribution >= 0.6 is 0 Å². The van der Waals surface area contributed by atoms with Crippen molar-refractivity contribution >= 4 is 18.0 Å². The average Bonchev–Trinajstić information content (AvgIpc) is 2.78. The van der Waals surface area contributed by atoms with E-state index in [0.717, 1.165) is 30.4 Å². The highest BCUT2D eigenvalue weighted by atomic mass is 16.5. The maximum absolute atomic E-state index is 12.0. The van der Waals surface area contributed by atoms with Crippen LogP contribution in [0.4, 0.5) is 4.79 Å². The summed E-state index contributed by atoms with van der Waals surface area (Å²) in [7, 11) is 0. The lowest BCUT2D eigenvalue weighted by Gasteiger charge is -2.15. The van der Waals surface area contributed by atoms with Crippen LogP contribution in [0.3, 0.4) is 0 Å². The molecule has 0 aliphatic heterocycles. The Kier molecular flexibility index (Phi) is 10.4. The smallest absolute Gasteiger partial charge is 0.408 e. The van der Waals surface area contributed by atoms with E-state index < -0.39 is 18.1 Å². The Morgan fingerprint density at radius 2 is 1.69 bits per heavy atom. The number of hydrogen-bond donors (Lipinski definition) is 4. The van der Waals surface area contributed by atoms with Gasteiger partial charge in [0.05, 0.1) is 6.61 Å². The van der Waals surface area contributed by atoms with Gasteiger partial charge in [-0.05, 0) is 42.5 Å². The molecule has 0 saturated carbocycles. The first-order chi connectivity index (χ1) is 15.4. The molecule has 2 aromatic carbocycles. The third kappa shape index (κ3) is 9.84. The first kappa shape index (κ1) is 24.5. The minimum Gasteiger partial charge on any atom is -0.494 e. The van der Waals surface area contributed by atoms with Crippen LogP contribution in [0.2, 0.25) is 0 Å². The number of carbonyl (C=O) groups excluding carboxylic acids is 1. The summed E-state index contributed by atoms with van der Waals surface area (Å²) in [5.74, 6) is -0.339. The zero-order valence-electron chi connectivity index (χ0n) is 17.9. The molecule has 0 bridgehead atoms. The number of alkyl carbamates (subject to hydrolysis) is 1. The lowest BCUT2D eigenvalue weighted by Crippen LogP contribution is -2.42. The molecule has 0 spiro atoms. The largest absolute Gasteiger partial charge is 0.494 e. The number of hydrogen-bond acceptors (Lipinski definition) is 5. The van der Waals surface area contributed by atoms with Crippen molar-refractivity contribution in [3.8, 4) is 5.75 Å². The molecule has 32 heavy (non-hydrogen) atoms. The molecule has 0 heterocycles. The van der Waals surface area contributed by atoms with Gasteiger partial charge in [0.25, 0.3) is 0 Å². The van der Waals surface area contributed by atoms with Crippen molar-refractivity contribution in [2.24, 2.45) is 16.5 Å². The number of carboxylic acids is 1. The summed E-state index contributed by atoms with van der Waals surface area (Å²) in [6, 6.07) is 15.2. The molecule has 1 unspecified atom stereocenters. The number of benzene rings is 2. The average molecular weight is 443 g/mol. The predicted octanol–water partition coefficient (Wildman–Crippen LogP) is 2.43. The molecule has 2 rings (SSSR count). The van der Waals surface area contributed by atoms with E-state index in [0.29, 0.717) is 18.9 Å². The van der Waals surface area contributed by atoms with Crippen LogP contribution in [0.15, 0.2) is 59.6 Å². The van der Waals surface area contributed by atoms with E-state index in [2.05, 4.69) is 10.3 Å². The van der Waals surface area contributed by atoms with Gasteiger partial charge in [-0.25, -0.2) is 9.59 Å². The van der Waals surface area contributed by atoms with Crippen molar-refractivity contribution in [2.75, 3.05) is 13.2 Å². The Morgan fingerprint density at radius 3 is 2.34 bits per heavy atom. The van der Waals surface area contributed by atoms with Gasteiger partial charge in [0.15, 0.2) is 5.96 Å². The van der Waals surface area contributed by atoms with Crippen molar-refractivity contribution < 1.29 is 24.2 Å². The van der Waals surface area contributed by atoms with Crippen LogP contribution < -0.4 is 21.5 Å². The van der Waals surface area contributed by atoms with Crippen molar-refractivity contribution in [3.63, 3.8) is 0 Å². The predicted molar refractivity (Wildman–Crippen MR) is 121 cm³/mol. The number of rotatable bonds is 13. The summed E-state index contributed by atoms with van der Waals surface area (Å²) in [6.07, 6.45) is 2.05. The zero-order chi connectivity index (χ0) is 23.2. The molecule has 0 aliphatic carbocycles. The maximum Gasteiger partial charge on any atom is 0.408 e. The fourth-order valence-corrected chi connectivity index (χ4v) is 2.85. The van der Waals surface area contributed by atoms with Gasteiger partial charge in [-0.1, -0.05) is 42.5 Å². The Hall–Kier alpha value is -3.75. The minimum atomic E-state index is -1.14. The number of nitrogens with zero attached hydrogens (tertiary/aromatic N) is 1. The Bertz CT molecular complexity index is 868. The molecule has 1 amide bonds. The standard InChI is InChI=1S/C23H30N4O5/c24-22(25)26-13-5-2-6-14-31-19-11-9-17(10-12-19)15-20(21(28)29)27-23(30)32-16-18-7-3-1-4-8-18/h1,3-4,7-12,20H,2,5-6,13-16H2,(H,27,30)(H,28,29)(H4,24,25,26). The normalized spacial score (nSPS) is 11.2. The molecule has 9 nitrogen and oxygen atoms in total. The number of carboxylic acid groups (broad SMARTS) is 1. The molecule has 0 aromatic heterocycles. The van der Waals surface area contributed by atoms with E-state index in [1.807, 2.05) is 30.3 Å². The lowest BCUT2D eigenvalue weighted by atomic mass is 10.1. The van der Waals surface area contributed by atoms with E-state index in [-0.39, 0.29) is 19.0 Å². The van der Waals surface area contributed by atoms with Gasteiger partial charge in [0.2, 0.25) is 0 Å². The van der Waals surface area contributed by atoms with Crippen LogP contribution in [0.5, 0.6) is 5.75 Å². The molecule has 172 valence electrons. The van der Waals surface area contributed by atoms with E-state index in [1.165, 1.54) is 0 Å². The number of ether oxygens (including phenoxy) is 2. The maximum atomic E-state index is 12.0. The second-order valence-corrected chi connectivity index (χ2v) is 7.16. The molecule has 0 aliphatic rings. The molecule has 9 heteroatoms. The van der Waals surface area contributed by atoms with Gasteiger partial charge >= 0.3 is 12.1 Å². The summed E-state index contributed by atoms with van der Waals surface area (Å²) < 4.78 is 10.8. The summed E-state index contributed by atoms with van der Waals surface area (Å²) in [5.41, 5.74) is 12.1. The van der Waals surface area contributed by atoms with Crippen LogP contribution in [-0.4, -0.2) is 42.3 Å². The van der Waals surface area contributed by atoms with Crippen LogP contribution in [0.1, 0.15) is 30.4 Å². The van der Waals surface area contributed by atoms with Gasteiger partial charge in [0.1, 0.15) is 18.4 Å². The summed E-state index contributed by atoms with van der Waals surface area (Å²) in [6.45, 7) is 1.24. The van der Waals surface area contributed by atoms with Crippen LogP contribution in [0, 0.1) is 0 Å². The number of unbranched alkanes of at least 4 members (excludes halogenated alkanes) is 2. The lowest BCUT2D eigenvalue weighted by molar-refractivity contribution is -0.139. The number of carbonyl (C=O) groups is 2. The van der Waals surface area contributed by atoms with Gasteiger partial charge < -0.3 is 31.4 Å². The highest BCUT2D eigenvalue weighted by Crippen LogP contribution is 2.14. The van der Waals surface area contributed by atoms with Gasteiger partial charge in [-0.3, -0.25) is 4.99 Å². The minimum absolute atomic E-state index is 0.0688. The third-order valence-corrected chi connectivity index (χ3v) is 4.53. The van der Waals surface area contributed by atoms with Crippen molar-refractivity contribution in [3.05, 3.63) is 65.7 Å². The van der Waals surface area contributed by atoms with Gasteiger partial charge in [-0.15, -0.1) is 0 Å². The fraction of sp³-hybridized carbons (Fsp3) is 0.348. The summed E-state index contributed by atoms with van der Waals surface area (Å²) in [4.78, 5) is 27.5. The second kappa shape index (κ2) is 13.5. The van der Waals surface area contributed by atoms with E-state index in [4.69, 9.17) is 20.9 Å². The van der Waals surface area contributed by atoms with E-state index >= 15 is 0 Å². The highest BCUT2D eigenvalue weighted by molar-refractivity contribution is 5.80. The quantitative estimate of drug-likeness (QED) is 0.211. The number of aliphatic carboxylic acids is 1. The Morgan fingerprint density at radius 1 is 0.969 bits per heavy atom. The van der Waals surface area contributed by atoms with Gasteiger partial charge in [0, 0.05) is 13.0 Å². The van der Waals surface area contributed by atoms with Crippen molar-refractivity contribution in [1.29, 1.82) is 0 Å². The van der Waals surface area contributed by atoms with Crippen molar-refractivity contribution in [2.45, 2.75) is 38.3 Å². The van der Waals surface area contributed by atoms with Gasteiger partial charge in [-0.2, -0.15) is 0 Å². The Balaban J connectivity index is 1.73. The molecule has 0 saturated heterocycles. The second-order valence-electron chi connectivity index (χ2n) is 7.16. The number of nitrogens with two attached hydrogens (primary N) is 2. The number of nitrogens with one attached hydrogen (secondary N) is 1. The third-order valence-electron chi connectivity index (χ3n) is 4.53. The molecule has 0 fully saturated rings. The van der Waals surface area contributed by atoms with Crippen molar-refractivity contribution in [1.82, 2.24) is 5.32 Å². The number of aliphatic imine (C=N–C) groups is 1. The SMILES string of the molecule is NC(N)=NCCCCCOc1ccc(CC(NC(=O)OCc2ccccc2)C(=O)O)cc1. The van der Waals surface area contributed by atoms with E-state index in [9.17, 15) is 14.7 Å². The molecular formula is C23H30N4O5. The fourth-order valence-electron chi connectivity index (χ4n) is 2.85. The molecule has 1 atom stereocenters. The molecule has 2 aromatic rings. The number of guanidine groups is 1. The molecular weight excluding hydrogens is 412 g/mol. The van der Waals surface area contributed by atoms with Crippen LogP contribution in [0.25, 0.3) is 0 Å². The molecule has 6 N–H and O–H groups in total. The van der Waals surface area contributed by atoms with Crippen LogP contribution in [-0.2, 0) is 22.6 Å². The number of amides is 1. The molecule has 0 radical (unpaired) electrons. The Labute approximate surface area is 187 Å². The highest BCUT2D eigenvalue weighted by Gasteiger charge is 2.21. The zero-order valence-corrected chi connectivity index (χ0v) is 17.9. The first-order valence-corrected chi connectivity index (χ1v) is 10.4. The summed E-state index contributed by atoms with van der Waals surface area (Å²) >= 11 is 0. The first-order valence-electron chi connectivity index (χ1n) is 10.4. The topological polar surface area (TPSA) is 149 Å². The van der Waals surface area contributed by atoms with E-state index in [1.54, 1.807) is 24.3 Å². The monoisotopic (exact) mass is 442 g/mol.